The Balaban J connectivity index is 0.000000200. The minimum Gasteiger partial charge on any atom is -0.478 e. The Morgan fingerprint density at radius 2 is 2.05 bits per heavy atom. The minimum absolute atomic E-state index is 0.244. The molecular weight excluding hydrogens is 254 g/mol. The average Bonchev–Trinajstić information content (AvgIpc) is 2.40. The lowest BCUT2D eigenvalue weighted by molar-refractivity contribution is -0.134. The van der Waals surface area contributed by atoms with Crippen molar-refractivity contribution in [1.29, 1.82) is 0 Å². The molecule has 0 spiro atoms. The Morgan fingerprint density at radius 1 is 1.40 bits per heavy atom. The molecular formula is C16H23NO3. The number of hydrogen-bond donors (Lipinski definition) is 2. The molecule has 3 N–H and O–H groups in total. The minimum atomic E-state index is -0.868. The third kappa shape index (κ3) is 4.70. The number of nitrogen functional groups attached to an aromatic ring is 1. The fourth-order valence-corrected chi connectivity index (χ4v) is 2.01. The molecule has 0 fully saturated rings. The summed E-state index contributed by atoms with van der Waals surface area (Å²) in [4.78, 5) is 10.4. The van der Waals surface area contributed by atoms with Crippen molar-refractivity contribution < 1.29 is 14.6 Å². The largest absolute Gasteiger partial charge is 0.478 e. The van der Waals surface area contributed by atoms with E-state index in [-0.39, 0.29) is 6.10 Å². The number of nitrogens with two attached hydrogens (primary N) is 1. The van der Waals surface area contributed by atoms with Crippen molar-refractivity contribution >= 4 is 11.7 Å². The third-order valence-electron chi connectivity index (χ3n) is 3.15. The van der Waals surface area contributed by atoms with Crippen LogP contribution >= 0.6 is 0 Å². The highest BCUT2D eigenvalue weighted by Crippen LogP contribution is 2.20. The first-order valence-corrected chi connectivity index (χ1v) is 6.82. The molecule has 2 rings (SSSR count). The van der Waals surface area contributed by atoms with Crippen LogP contribution in [0.25, 0.3) is 0 Å². The molecule has 0 aliphatic carbocycles. The van der Waals surface area contributed by atoms with Gasteiger partial charge in [0.15, 0.2) is 0 Å². The molecule has 1 heterocycles. The summed E-state index contributed by atoms with van der Waals surface area (Å²) < 4.78 is 5.10. The molecule has 110 valence electrons. The highest BCUT2D eigenvalue weighted by atomic mass is 16.5. The van der Waals surface area contributed by atoms with Crippen LogP contribution in [0.1, 0.15) is 38.7 Å². The van der Waals surface area contributed by atoms with Crippen LogP contribution in [0.4, 0.5) is 5.69 Å². The van der Waals surface area contributed by atoms with E-state index >= 15 is 0 Å². The van der Waals surface area contributed by atoms with Gasteiger partial charge in [0, 0.05) is 5.69 Å². The predicted octanol–water partition coefficient (Wildman–Crippen LogP) is 3.20. The lowest BCUT2D eigenvalue weighted by Crippen LogP contribution is -2.22. The van der Waals surface area contributed by atoms with Crippen LogP contribution in [0.5, 0.6) is 0 Å². The van der Waals surface area contributed by atoms with Crippen LogP contribution < -0.4 is 5.73 Å². The van der Waals surface area contributed by atoms with Crippen molar-refractivity contribution in [3.63, 3.8) is 0 Å². The number of aliphatic carboxylic acids is 1. The monoisotopic (exact) mass is 277 g/mol. The smallest absolute Gasteiger partial charge is 0.333 e. The van der Waals surface area contributed by atoms with Crippen LogP contribution in [0.2, 0.25) is 0 Å². The molecule has 1 aliphatic rings. The molecule has 0 bridgehead atoms. The van der Waals surface area contributed by atoms with Gasteiger partial charge in [0.1, 0.15) is 0 Å². The quantitative estimate of drug-likeness (QED) is 0.814. The number of benzene rings is 1. The van der Waals surface area contributed by atoms with Gasteiger partial charge in [-0.1, -0.05) is 38.1 Å². The Kier molecular flexibility index (Phi) is 6.25. The van der Waals surface area contributed by atoms with Crippen LogP contribution in [-0.2, 0) is 9.53 Å². The van der Waals surface area contributed by atoms with Gasteiger partial charge in [-0.3, -0.25) is 0 Å². The van der Waals surface area contributed by atoms with Crippen LogP contribution in [-0.4, -0.2) is 23.8 Å². The van der Waals surface area contributed by atoms with Gasteiger partial charge in [0.2, 0.25) is 0 Å². The molecule has 0 saturated carbocycles. The topological polar surface area (TPSA) is 72.5 Å². The van der Waals surface area contributed by atoms with E-state index in [0.717, 1.165) is 5.69 Å². The Bertz CT molecular complexity index is 480. The average molecular weight is 277 g/mol. The van der Waals surface area contributed by atoms with Crippen LogP contribution in [0.15, 0.2) is 35.9 Å². The van der Waals surface area contributed by atoms with E-state index in [4.69, 9.17) is 15.6 Å². The fraction of sp³-hybridized carbons (Fsp3) is 0.438. The molecule has 0 saturated heterocycles. The van der Waals surface area contributed by atoms with Crippen molar-refractivity contribution in [3.05, 3.63) is 41.5 Å². The Labute approximate surface area is 120 Å². The predicted molar refractivity (Wildman–Crippen MR) is 80.7 cm³/mol. The van der Waals surface area contributed by atoms with Gasteiger partial charge in [-0.25, -0.2) is 4.79 Å². The van der Waals surface area contributed by atoms with Gasteiger partial charge >= 0.3 is 5.97 Å². The number of carboxylic acids is 1. The molecule has 0 radical (unpaired) electrons. The van der Waals surface area contributed by atoms with Gasteiger partial charge in [0.25, 0.3) is 0 Å². The van der Waals surface area contributed by atoms with E-state index in [1.165, 1.54) is 5.56 Å². The van der Waals surface area contributed by atoms with E-state index in [1.54, 1.807) is 13.0 Å². The molecule has 1 aromatic rings. The van der Waals surface area contributed by atoms with Crippen LogP contribution in [0.3, 0.4) is 0 Å². The first-order chi connectivity index (χ1) is 9.43. The zero-order chi connectivity index (χ0) is 15.1. The number of anilines is 1. The van der Waals surface area contributed by atoms with Gasteiger partial charge in [-0.15, -0.1) is 0 Å². The summed E-state index contributed by atoms with van der Waals surface area (Å²) in [6.07, 6.45) is 2.19. The summed E-state index contributed by atoms with van der Waals surface area (Å²) in [6, 6.07) is 7.99. The third-order valence-corrected chi connectivity index (χ3v) is 3.15. The number of ether oxygens (including phenoxy) is 1. The molecule has 0 amide bonds. The van der Waals surface area contributed by atoms with Crippen molar-refractivity contribution in [2.24, 2.45) is 0 Å². The Morgan fingerprint density at radius 3 is 2.45 bits per heavy atom. The molecule has 4 heteroatoms. The first-order valence-electron chi connectivity index (χ1n) is 6.82. The van der Waals surface area contributed by atoms with E-state index in [1.807, 2.05) is 18.2 Å². The van der Waals surface area contributed by atoms with Crippen molar-refractivity contribution in [2.75, 3.05) is 12.3 Å². The molecule has 1 atom stereocenters. The summed E-state index contributed by atoms with van der Waals surface area (Å²) >= 11 is 0. The van der Waals surface area contributed by atoms with Crippen molar-refractivity contribution in [2.45, 2.75) is 39.2 Å². The van der Waals surface area contributed by atoms with Crippen molar-refractivity contribution in [3.8, 4) is 0 Å². The van der Waals surface area contributed by atoms with Gasteiger partial charge < -0.3 is 15.6 Å². The van der Waals surface area contributed by atoms with Crippen LogP contribution in [0, 0.1) is 0 Å². The van der Waals surface area contributed by atoms with E-state index in [0.29, 0.717) is 24.5 Å². The number of carbonyl (C=O) groups is 1. The Hall–Kier alpha value is -1.81. The second-order valence-corrected chi connectivity index (χ2v) is 5.05. The molecule has 1 aliphatic heterocycles. The maximum atomic E-state index is 10.4. The molecule has 0 aromatic heterocycles. The number of para-hydroxylation sites is 1. The summed E-state index contributed by atoms with van der Waals surface area (Å²) in [5.41, 5.74) is 8.24. The molecule has 4 nitrogen and oxygen atoms in total. The summed E-state index contributed by atoms with van der Waals surface area (Å²) in [5.74, 6) is -0.339. The van der Waals surface area contributed by atoms with Gasteiger partial charge in [0.05, 0.1) is 18.3 Å². The van der Waals surface area contributed by atoms with Gasteiger partial charge in [-0.2, -0.15) is 0 Å². The highest BCUT2D eigenvalue weighted by molar-refractivity contribution is 5.87. The van der Waals surface area contributed by atoms with E-state index in [9.17, 15) is 4.79 Å². The summed E-state index contributed by atoms with van der Waals surface area (Å²) in [5, 5.41) is 8.56. The number of rotatable bonds is 2. The normalized spacial score (nSPS) is 18.0. The van der Waals surface area contributed by atoms with Gasteiger partial charge in [-0.05, 0) is 30.9 Å². The summed E-state index contributed by atoms with van der Waals surface area (Å²) in [7, 11) is 0. The van der Waals surface area contributed by atoms with E-state index in [2.05, 4.69) is 19.9 Å². The number of carboxylic acid groups (broad SMARTS) is 1. The number of hydrogen-bond acceptors (Lipinski definition) is 3. The maximum Gasteiger partial charge on any atom is 0.333 e. The highest BCUT2D eigenvalue weighted by Gasteiger charge is 2.18. The first kappa shape index (κ1) is 16.2. The molecule has 1 aromatic carbocycles. The standard InChI is InChI=1S/C9H13N.C7H10O3/c1-7(2)8-5-3-4-6-9(8)10;1-5-6(7(8)9)3-2-4-10-5/h3-7H,10H2,1-2H3;3,5H,2,4H2,1H3,(H,8,9). The fourth-order valence-electron chi connectivity index (χ4n) is 2.01. The SMILES string of the molecule is CC(C)c1ccccc1N.CC1OCCC=C1C(=O)O. The zero-order valence-electron chi connectivity index (χ0n) is 12.3. The lowest BCUT2D eigenvalue weighted by atomic mass is 10.0. The second kappa shape index (κ2) is 7.70. The van der Waals surface area contributed by atoms with Crippen molar-refractivity contribution in [1.82, 2.24) is 0 Å². The van der Waals surface area contributed by atoms with E-state index < -0.39 is 5.97 Å². The lowest BCUT2D eigenvalue weighted by Gasteiger charge is -2.17. The maximum absolute atomic E-state index is 10.4. The molecule has 20 heavy (non-hydrogen) atoms. The zero-order valence-corrected chi connectivity index (χ0v) is 12.3. The second-order valence-electron chi connectivity index (χ2n) is 5.05. The molecule has 1 unspecified atom stereocenters. The summed E-state index contributed by atoms with van der Waals surface area (Å²) in [6.45, 7) is 6.68.